The van der Waals surface area contributed by atoms with Crippen LogP contribution in [0.5, 0.6) is 0 Å². The van der Waals surface area contributed by atoms with Gasteiger partial charge in [0.15, 0.2) is 0 Å². The van der Waals surface area contributed by atoms with E-state index in [0.717, 1.165) is 41.0 Å². The van der Waals surface area contributed by atoms with E-state index >= 15 is 0 Å². The number of amides is 1. The molecule has 25 heavy (non-hydrogen) atoms. The summed E-state index contributed by atoms with van der Waals surface area (Å²) >= 11 is 0. The molecular weight excluding hydrogens is 318 g/mol. The monoisotopic (exact) mass is 337 g/mol. The third-order valence-corrected chi connectivity index (χ3v) is 3.99. The number of nitrogens with one attached hydrogen (secondary N) is 2. The summed E-state index contributed by atoms with van der Waals surface area (Å²) < 4.78 is 0. The Hall–Kier alpha value is -3.15. The number of aromatic nitrogens is 2. The summed E-state index contributed by atoms with van der Waals surface area (Å²) in [7, 11) is 0. The maximum atomic E-state index is 11.4. The standard InChI is InChI=1S/C19H19N3O3/c1-2-18(23)20-14-7-3-12(4-8-14)5-10-17-21-15-9-6-13(19(24)25)11-16(15)22-17/h3-4,6-9,11H,2,5,10H2,1H3,(H,20,23)(H,21,22)(H,24,25). The Bertz CT molecular complexity index is 913. The smallest absolute Gasteiger partial charge is 0.335 e. The van der Waals surface area contributed by atoms with Crippen molar-refractivity contribution in [1.29, 1.82) is 0 Å². The largest absolute Gasteiger partial charge is 0.478 e. The van der Waals surface area contributed by atoms with E-state index in [9.17, 15) is 9.59 Å². The van der Waals surface area contributed by atoms with E-state index < -0.39 is 5.97 Å². The molecule has 3 N–H and O–H groups in total. The van der Waals surface area contributed by atoms with Crippen LogP contribution in [0.2, 0.25) is 0 Å². The van der Waals surface area contributed by atoms with Gasteiger partial charge in [-0.05, 0) is 42.3 Å². The molecule has 6 nitrogen and oxygen atoms in total. The van der Waals surface area contributed by atoms with Crippen LogP contribution in [-0.4, -0.2) is 27.0 Å². The maximum absolute atomic E-state index is 11.4. The molecule has 0 bridgehead atoms. The number of hydrogen-bond acceptors (Lipinski definition) is 3. The van der Waals surface area contributed by atoms with Crippen LogP contribution in [0.1, 0.15) is 35.1 Å². The average molecular weight is 337 g/mol. The fourth-order valence-electron chi connectivity index (χ4n) is 2.58. The molecule has 128 valence electrons. The molecule has 0 saturated carbocycles. The maximum Gasteiger partial charge on any atom is 0.335 e. The van der Waals surface area contributed by atoms with Crippen LogP contribution >= 0.6 is 0 Å². The Morgan fingerprint density at radius 1 is 1.12 bits per heavy atom. The summed E-state index contributed by atoms with van der Waals surface area (Å²) in [6.45, 7) is 1.82. The van der Waals surface area contributed by atoms with Crippen LogP contribution in [0.25, 0.3) is 11.0 Å². The summed E-state index contributed by atoms with van der Waals surface area (Å²) in [6.07, 6.45) is 1.97. The second-order valence-electron chi connectivity index (χ2n) is 5.82. The number of H-pyrrole nitrogens is 1. The molecular formula is C19H19N3O3. The van der Waals surface area contributed by atoms with Crippen LogP contribution in [0.4, 0.5) is 5.69 Å². The summed E-state index contributed by atoms with van der Waals surface area (Å²) in [6, 6.07) is 12.6. The van der Waals surface area contributed by atoms with Crippen molar-refractivity contribution in [2.45, 2.75) is 26.2 Å². The van der Waals surface area contributed by atoms with E-state index in [-0.39, 0.29) is 11.5 Å². The minimum atomic E-state index is -0.951. The lowest BCUT2D eigenvalue weighted by atomic mass is 10.1. The molecule has 0 aliphatic rings. The lowest BCUT2D eigenvalue weighted by Gasteiger charge is -2.05. The van der Waals surface area contributed by atoms with Crippen LogP contribution in [0.15, 0.2) is 42.5 Å². The third kappa shape index (κ3) is 4.03. The highest BCUT2D eigenvalue weighted by Gasteiger charge is 2.08. The predicted molar refractivity (Wildman–Crippen MR) is 95.8 cm³/mol. The summed E-state index contributed by atoms with van der Waals surface area (Å²) in [5.74, 6) is -0.134. The first-order chi connectivity index (χ1) is 12.0. The van der Waals surface area contributed by atoms with E-state index in [2.05, 4.69) is 15.3 Å². The highest BCUT2D eigenvalue weighted by atomic mass is 16.4. The number of aromatic carboxylic acids is 1. The van der Waals surface area contributed by atoms with Gasteiger partial charge >= 0.3 is 5.97 Å². The Morgan fingerprint density at radius 3 is 2.56 bits per heavy atom. The molecule has 0 unspecified atom stereocenters. The van der Waals surface area contributed by atoms with Gasteiger partial charge in [-0.25, -0.2) is 9.78 Å². The first kappa shape index (κ1) is 16.7. The molecule has 3 rings (SSSR count). The lowest BCUT2D eigenvalue weighted by Crippen LogP contribution is -2.09. The number of fused-ring (bicyclic) bond motifs is 1. The molecule has 3 aromatic rings. The van der Waals surface area contributed by atoms with E-state index in [0.29, 0.717) is 6.42 Å². The fraction of sp³-hybridized carbons (Fsp3) is 0.211. The van der Waals surface area contributed by atoms with Gasteiger partial charge < -0.3 is 15.4 Å². The SMILES string of the molecule is CCC(=O)Nc1ccc(CCc2nc3ccc(C(=O)O)cc3[nH]2)cc1. The second-order valence-corrected chi connectivity index (χ2v) is 5.82. The average Bonchev–Trinajstić information content (AvgIpc) is 3.03. The minimum Gasteiger partial charge on any atom is -0.478 e. The lowest BCUT2D eigenvalue weighted by molar-refractivity contribution is -0.115. The number of aromatic amines is 1. The van der Waals surface area contributed by atoms with Crippen molar-refractivity contribution < 1.29 is 14.7 Å². The van der Waals surface area contributed by atoms with Crippen LogP contribution in [0, 0.1) is 0 Å². The predicted octanol–water partition coefficient (Wildman–Crippen LogP) is 3.39. The van der Waals surface area contributed by atoms with Crippen LogP contribution in [0.3, 0.4) is 0 Å². The molecule has 6 heteroatoms. The summed E-state index contributed by atoms with van der Waals surface area (Å²) in [5.41, 5.74) is 3.67. The highest BCUT2D eigenvalue weighted by molar-refractivity contribution is 5.92. The van der Waals surface area contributed by atoms with Crippen molar-refractivity contribution in [3.05, 3.63) is 59.4 Å². The number of carboxylic acid groups (broad SMARTS) is 1. The molecule has 0 radical (unpaired) electrons. The molecule has 0 fully saturated rings. The number of aryl methyl sites for hydroxylation is 2. The normalized spacial score (nSPS) is 10.8. The van der Waals surface area contributed by atoms with Gasteiger partial charge in [-0.2, -0.15) is 0 Å². The number of carbonyl (C=O) groups excluding carboxylic acids is 1. The van der Waals surface area contributed by atoms with Gasteiger partial charge in [-0.3, -0.25) is 4.79 Å². The number of benzene rings is 2. The van der Waals surface area contributed by atoms with Gasteiger partial charge in [-0.15, -0.1) is 0 Å². The molecule has 0 aliphatic heterocycles. The van der Waals surface area contributed by atoms with Crippen LogP contribution < -0.4 is 5.32 Å². The van der Waals surface area contributed by atoms with E-state index in [1.807, 2.05) is 31.2 Å². The van der Waals surface area contributed by atoms with E-state index in [1.54, 1.807) is 18.2 Å². The number of nitrogens with zero attached hydrogens (tertiary/aromatic N) is 1. The summed E-state index contributed by atoms with van der Waals surface area (Å²) in [5, 5.41) is 11.9. The Balaban J connectivity index is 1.66. The molecule has 0 spiro atoms. The number of rotatable bonds is 6. The molecule has 0 saturated heterocycles. The van der Waals surface area contributed by atoms with Crippen LogP contribution in [-0.2, 0) is 17.6 Å². The van der Waals surface area contributed by atoms with Crippen molar-refractivity contribution in [2.24, 2.45) is 0 Å². The van der Waals surface area contributed by atoms with Gasteiger partial charge in [-0.1, -0.05) is 19.1 Å². The first-order valence-corrected chi connectivity index (χ1v) is 8.16. The van der Waals surface area contributed by atoms with E-state index in [1.165, 1.54) is 0 Å². The Labute approximate surface area is 144 Å². The molecule has 0 aliphatic carbocycles. The Kier molecular flexibility index (Phi) is 4.79. The number of carbonyl (C=O) groups is 2. The molecule has 0 atom stereocenters. The van der Waals surface area contributed by atoms with Gasteiger partial charge in [0.1, 0.15) is 5.82 Å². The van der Waals surface area contributed by atoms with Crippen molar-refractivity contribution in [3.63, 3.8) is 0 Å². The third-order valence-electron chi connectivity index (χ3n) is 3.99. The molecule has 1 aromatic heterocycles. The van der Waals surface area contributed by atoms with Gasteiger partial charge in [0.05, 0.1) is 16.6 Å². The highest BCUT2D eigenvalue weighted by Crippen LogP contribution is 2.16. The first-order valence-electron chi connectivity index (χ1n) is 8.16. The second kappa shape index (κ2) is 7.17. The number of hydrogen-bond donors (Lipinski definition) is 3. The molecule has 1 heterocycles. The zero-order valence-corrected chi connectivity index (χ0v) is 13.9. The number of imidazole rings is 1. The van der Waals surface area contributed by atoms with Crippen molar-refractivity contribution in [1.82, 2.24) is 9.97 Å². The quantitative estimate of drug-likeness (QED) is 0.642. The van der Waals surface area contributed by atoms with E-state index in [4.69, 9.17) is 5.11 Å². The molecule has 2 aromatic carbocycles. The summed E-state index contributed by atoms with van der Waals surface area (Å²) in [4.78, 5) is 30.0. The Morgan fingerprint density at radius 2 is 1.88 bits per heavy atom. The fourth-order valence-corrected chi connectivity index (χ4v) is 2.58. The van der Waals surface area contributed by atoms with Crippen molar-refractivity contribution in [2.75, 3.05) is 5.32 Å². The van der Waals surface area contributed by atoms with Crippen molar-refractivity contribution in [3.8, 4) is 0 Å². The zero-order chi connectivity index (χ0) is 17.8. The van der Waals surface area contributed by atoms with Gasteiger partial charge in [0.25, 0.3) is 0 Å². The van der Waals surface area contributed by atoms with Gasteiger partial charge in [0, 0.05) is 18.5 Å². The zero-order valence-electron chi connectivity index (χ0n) is 13.9. The number of carboxylic acids is 1. The van der Waals surface area contributed by atoms with Gasteiger partial charge in [0.2, 0.25) is 5.91 Å². The topological polar surface area (TPSA) is 95.1 Å². The van der Waals surface area contributed by atoms with Crippen molar-refractivity contribution >= 4 is 28.6 Å². The molecule has 1 amide bonds. The minimum absolute atomic E-state index is 0.00393. The number of anilines is 1.